The van der Waals surface area contributed by atoms with E-state index in [0.29, 0.717) is 23.4 Å². The molecule has 4 heteroatoms. The number of anilines is 2. The Labute approximate surface area is 136 Å². The highest BCUT2D eigenvalue weighted by Crippen LogP contribution is 2.27. The van der Waals surface area contributed by atoms with Crippen molar-refractivity contribution in [1.29, 1.82) is 0 Å². The van der Waals surface area contributed by atoms with E-state index in [1.165, 1.54) is 11.3 Å². The Morgan fingerprint density at radius 3 is 2.87 bits per heavy atom. The van der Waals surface area contributed by atoms with E-state index < -0.39 is 0 Å². The van der Waals surface area contributed by atoms with Crippen LogP contribution in [0.3, 0.4) is 0 Å². The van der Waals surface area contributed by atoms with Gasteiger partial charge in [-0.15, -0.1) is 0 Å². The number of Topliss-reactive ketones (excluding diaryl/α,β-unsaturated/α-hetero) is 1. The number of benzene rings is 2. The van der Waals surface area contributed by atoms with Crippen LogP contribution >= 0.6 is 0 Å². The third-order valence-electron chi connectivity index (χ3n) is 4.37. The number of hydrogen-bond acceptors (Lipinski definition) is 4. The molecule has 23 heavy (non-hydrogen) atoms. The van der Waals surface area contributed by atoms with E-state index in [1.807, 2.05) is 0 Å². The van der Waals surface area contributed by atoms with Gasteiger partial charge in [0.15, 0.2) is 5.78 Å². The van der Waals surface area contributed by atoms with Gasteiger partial charge in [-0.25, -0.2) is 0 Å². The number of para-hydroxylation sites is 1. The van der Waals surface area contributed by atoms with Gasteiger partial charge in [-0.3, -0.25) is 4.79 Å². The van der Waals surface area contributed by atoms with Crippen molar-refractivity contribution >= 4 is 17.2 Å². The summed E-state index contributed by atoms with van der Waals surface area (Å²) in [6, 6.07) is 13.7. The first-order chi connectivity index (χ1) is 11.2. The lowest BCUT2D eigenvalue weighted by atomic mass is 10.0. The van der Waals surface area contributed by atoms with Gasteiger partial charge in [0, 0.05) is 30.8 Å². The van der Waals surface area contributed by atoms with Gasteiger partial charge in [0.05, 0.1) is 12.8 Å². The third kappa shape index (κ3) is 3.31. The fourth-order valence-corrected chi connectivity index (χ4v) is 3.13. The van der Waals surface area contributed by atoms with E-state index in [4.69, 9.17) is 10.5 Å². The normalized spacial score (nSPS) is 13.5. The highest BCUT2D eigenvalue weighted by atomic mass is 16.5. The predicted molar refractivity (Wildman–Crippen MR) is 93.3 cm³/mol. The van der Waals surface area contributed by atoms with E-state index in [2.05, 4.69) is 29.2 Å². The standard InChI is InChI=1S/C19H22N2O2/c1-23-19-9-8-15(13-16(19)20)18(22)10-12-21-11-4-6-14-5-2-3-7-17(14)21/h2-3,5,7-9,13H,4,6,10-12,20H2,1H3. The minimum Gasteiger partial charge on any atom is -0.495 e. The third-order valence-corrected chi connectivity index (χ3v) is 4.37. The molecule has 0 atom stereocenters. The minimum absolute atomic E-state index is 0.113. The Bertz CT molecular complexity index is 712. The van der Waals surface area contributed by atoms with Gasteiger partial charge in [0.2, 0.25) is 0 Å². The first-order valence-corrected chi connectivity index (χ1v) is 7.98. The summed E-state index contributed by atoms with van der Waals surface area (Å²) in [4.78, 5) is 14.7. The summed E-state index contributed by atoms with van der Waals surface area (Å²) >= 11 is 0. The molecule has 0 aromatic heterocycles. The maximum absolute atomic E-state index is 12.4. The van der Waals surface area contributed by atoms with Gasteiger partial charge in [0.1, 0.15) is 5.75 Å². The summed E-state index contributed by atoms with van der Waals surface area (Å²) in [5, 5.41) is 0. The van der Waals surface area contributed by atoms with Crippen LogP contribution in [0.25, 0.3) is 0 Å². The van der Waals surface area contributed by atoms with Gasteiger partial charge in [0.25, 0.3) is 0 Å². The van der Waals surface area contributed by atoms with E-state index >= 15 is 0 Å². The van der Waals surface area contributed by atoms with Crippen molar-refractivity contribution in [3.63, 3.8) is 0 Å². The zero-order valence-electron chi connectivity index (χ0n) is 13.4. The smallest absolute Gasteiger partial charge is 0.164 e. The van der Waals surface area contributed by atoms with E-state index in [1.54, 1.807) is 25.3 Å². The molecule has 120 valence electrons. The number of carbonyl (C=O) groups excluding carboxylic acids is 1. The second-order valence-electron chi connectivity index (χ2n) is 5.85. The van der Waals surface area contributed by atoms with Crippen molar-refractivity contribution in [1.82, 2.24) is 0 Å². The van der Waals surface area contributed by atoms with Gasteiger partial charge < -0.3 is 15.4 Å². The molecule has 0 unspecified atom stereocenters. The molecule has 0 fully saturated rings. The number of nitrogens with zero attached hydrogens (tertiary/aromatic N) is 1. The molecular weight excluding hydrogens is 288 g/mol. The Hall–Kier alpha value is -2.49. The first kappa shape index (κ1) is 15.4. The monoisotopic (exact) mass is 310 g/mol. The second kappa shape index (κ2) is 6.73. The average molecular weight is 310 g/mol. The molecule has 0 bridgehead atoms. The lowest BCUT2D eigenvalue weighted by Gasteiger charge is -2.31. The van der Waals surface area contributed by atoms with Gasteiger partial charge in [-0.1, -0.05) is 18.2 Å². The SMILES string of the molecule is COc1ccc(C(=O)CCN2CCCc3ccccc32)cc1N. The number of nitrogen functional groups attached to an aromatic ring is 1. The van der Waals surface area contributed by atoms with Gasteiger partial charge in [-0.2, -0.15) is 0 Å². The molecule has 2 aromatic carbocycles. The number of carbonyl (C=O) groups is 1. The van der Waals surface area contributed by atoms with Crippen LogP contribution in [0.4, 0.5) is 11.4 Å². The molecule has 0 amide bonds. The van der Waals surface area contributed by atoms with E-state index in [9.17, 15) is 4.79 Å². The quantitative estimate of drug-likeness (QED) is 0.680. The fourth-order valence-electron chi connectivity index (χ4n) is 3.13. The van der Waals surface area contributed by atoms with Crippen molar-refractivity contribution in [2.24, 2.45) is 0 Å². The lowest BCUT2D eigenvalue weighted by Crippen LogP contribution is -2.31. The van der Waals surface area contributed by atoms with Crippen molar-refractivity contribution in [2.75, 3.05) is 30.8 Å². The first-order valence-electron chi connectivity index (χ1n) is 7.98. The van der Waals surface area contributed by atoms with Crippen LogP contribution in [0.1, 0.15) is 28.8 Å². The number of hydrogen-bond donors (Lipinski definition) is 1. The summed E-state index contributed by atoms with van der Waals surface area (Å²) in [7, 11) is 1.57. The molecule has 0 spiro atoms. The zero-order chi connectivity index (χ0) is 16.2. The Kier molecular flexibility index (Phi) is 4.51. The predicted octanol–water partition coefficient (Wildman–Crippen LogP) is 3.30. The van der Waals surface area contributed by atoms with Crippen LogP contribution in [0.5, 0.6) is 5.75 Å². The molecule has 2 aromatic rings. The summed E-state index contributed by atoms with van der Waals surface area (Å²) < 4.78 is 5.13. The molecule has 1 heterocycles. The van der Waals surface area contributed by atoms with Gasteiger partial charge in [-0.05, 0) is 42.7 Å². The lowest BCUT2D eigenvalue weighted by molar-refractivity contribution is 0.0984. The molecule has 1 aliphatic heterocycles. The molecule has 0 aliphatic carbocycles. The van der Waals surface area contributed by atoms with E-state index in [-0.39, 0.29) is 5.78 Å². The van der Waals surface area contributed by atoms with Crippen molar-refractivity contribution in [2.45, 2.75) is 19.3 Å². The number of ketones is 1. The maximum Gasteiger partial charge on any atom is 0.164 e. The van der Waals surface area contributed by atoms with Crippen molar-refractivity contribution in [3.05, 3.63) is 53.6 Å². The molecular formula is C19H22N2O2. The van der Waals surface area contributed by atoms with Crippen LogP contribution in [-0.4, -0.2) is 26.0 Å². The number of rotatable bonds is 5. The zero-order valence-corrected chi connectivity index (χ0v) is 13.4. The highest BCUT2D eigenvalue weighted by molar-refractivity contribution is 5.97. The van der Waals surface area contributed by atoms with Gasteiger partial charge >= 0.3 is 0 Å². The molecule has 0 saturated heterocycles. The molecule has 2 N–H and O–H groups in total. The Morgan fingerprint density at radius 1 is 1.26 bits per heavy atom. The number of fused-ring (bicyclic) bond motifs is 1. The molecule has 4 nitrogen and oxygen atoms in total. The van der Waals surface area contributed by atoms with Crippen LogP contribution in [0, 0.1) is 0 Å². The summed E-state index contributed by atoms with van der Waals surface area (Å²) in [6.45, 7) is 1.75. The summed E-state index contributed by atoms with van der Waals surface area (Å²) in [6.07, 6.45) is 2.75. The number of ether oxygens (including phenoxy) is 1. The van der Waals surface area contributed by atoms with E-state index in [0.717, 1.165) is 25.9 Å². The summed E-state index contributed by atoms with van der Waals surface area (Å²) in [5.74, 6) is 0.717. The van der Waals surface area contributed by atoms with Crippen LogP contribution in [0.15, 0.2) is 42.5 Å². The van der Waals surface area contributed by atoms with Crippen molar-refractivity contribution < 1.29 is 9.53 Å². The molecule has 0 radical (unpaired) electrons. The number of aryl methyl sites for hydroxylation is 1. The highest BCUT2D eigenvalue weighted by Gasteiger charge is 2.17. The number of methoxy groups -OCH3 is 1. The average Bonchev–Trinajstić information content (AvgIpc) is 2.59. The minimum atomic E-state index is 0.113. The fraction of sp³-hybridized carbons (Fsp3) is 0.316. The van der Waals surface area contributed by atoms with Crippen LogP contribution < -0.4 is 15.4 Å². The largest absolute Gasteiger partial charge is 0.495 e. The molecule has 3 rings (SSSR count). The number of nitrogens with two attached hydrogens (primary N) is 1. The second-order valence-corrected chi connectivity index (χ2v) is 5.85. The molecule has 1 aliphatic rings. The molecule has 0 saturated carbocycles. The van der Waals surface area contributed by atoms with Crippen LogP contribution in [-0.2, 0) is 6.42 Å². The van der Waals surface area contributed by atoms with Crippen LogP contribution in [0.2, 0.25) is 0 Å². The Morgan fingerprint density at radius 2 is 2.09 bits per heavy atom. The van der Waals surface area contributed by atoms with Crippen molar-refractivity contribution in [3.8, 4) is 5.75 Å². The topological polar surface area (TPSA) is 55.6 Å². The maximum atomic E-state index is 12.4. The Balaban J connectivity index is 1.67. The summed E-state index contributed by atoms with van der Waals surface area (Å²) in [5.41, 5.74) is 9.67.